The number of halogens is 3. The van der Waals surface area contributed by atoms with Crippen LogP contribution in [0.15, 0.2) is 72.2 Å². The van der Waals surface area contributed by atoms with Crippen molar-refractivity contribution >= 4 is 11.8 Å². The van der Waals surface area contributed by atoms with E-state index < -0.39 is 30.2 Å². The van der Waals surface area contributed by atoms with Crippen LogP contribution in [0.2, 0.25) is 0 Å². The minimum Gasteiger partial charge on any atom is -0.385 e. The molecule has 3 aliphatic rings. The number of carbonyl (C=O) groups is 2. The van der Waals surface area contributed by atoms with Crippen molar-refractivity contribution in [1.29, 1.82) is 0 Å². The van der Waals surface area contributed by atoms with Crippen molar-refractivity contribution in [2.24, 2.45) is 17.1 Å². The molecule has 6 nitrogen and oxygen atoms in total. The van der Waals surface area contributed by atoms with Crippen LogP contribution in [-0.2, 0) is 4.79 Å². The van der Waals surface area contributed by atoms with Crippen LogP contribution in [0, 0.1) is 11.3 Å². The fourth-order valence-corrected chi connectivity index (χ4v) is 5.81. The van der Waals surface area contributed by atoms with Gasteiger partial charge in [-0.2, -0.15) is 13.2 Å². The summed E-state index contributed by atoms with van der Waals surface area (Å²) < 4.78 is 39.8. The van der Waals surface area contributed by atoms with Gasteiger partial charge in [-0.05, 0) is 38.5 Å². The second kappa shape index (κ2) is 9.43. The summed E-state index contributed by atoms with van der Waals surface area (Å²) in [5, 5.41) is 0. The van der Waals surface area contributed by atoms with E-state index in [0.717, 1.165) is 10.5 Å². The Morgan fingerprint density at radius 3 is 2.51 bits per heavy atom. The first kappa shape index (κ1) is 26.6. The number of alkyl halides is 3. The maximum Gasteiger partial charge on any atom is 0.405 e. The van der Waals surface area contributed by atoms with E-state index in [0.29, 0.717) is 11.3 Å². The van der Waals surface area contributed by atoms with Crippen LogP contribution >= 0.6 is 0 Å². The third-order valence-corrected chi connectivity index (χ3v) is 7.74. The monoisotopic (exact) mass is 514 g/mol. The summed E-state index contributed by atoms with van der Waals surface area (Å²) in [6, 6.07) is 5.68. The SMILES string of the molecule is C/C=C\C=C\C1c2ccccc2C(=O)N1/C(N)=C/[C@@]1(C)C2[C@H]1C=C(C)N(CC(F)(F)F)C(C)C(=O)N2C. The van der Waals surface area contributed by atoms with Gasteiger partial charge in [-0.1, -0.05) is 55.5 Å². The summed E-state index contributed by atoms with van der Waals surface area (Å²) in [7, 11) is 1.62. The summed E-state index contributed by atoms with van der Waals surface area (Å²) in [5.74, 6) is -0.612. The molecule has 4 rings (SSSR count). The van der Waals surface area contributed by atoms with E-state index >= 15 is 0 Å². The molecular weight excluding hydrogens is 481 g/mol. The fraction of sp³-hybridized carbons (Fsp3) is 0.429. The molecule has 0 bridgehead atoms. The highest BCUT2D eigenvalue weighted by molar-refractivity contribution is 6.00. The summed E-state index contributed by atoms with van der Waals surface area (Å²) in [5.41, 5.74) is 7.74. The van der Waals surface area contributed by atoms with Gasteiger partial charge in [0.05, 0.1) is 6.04 Å². The van der Waals surface area contributed by atoms with Crippen molar-refractivity contribution in [1.82, 2.24) is 14.7 Å². The zero-order chi connectivity index (χ0) is 27.3. The Bertz CT molecular complexity index is 1220. The fourth-order valence-electron chi connectivity index (χ4n) is 5.81. The van der Waals surface area contributed by atoms with Gasteiger partial charge in [-0.3, -0.25) is 14.5 Å². The molecule has 1 saturated carbocycles. The van der Waals surface area contributed by atoms with Gasteiger partial charge in [0.25, 0.3) is 5.91 Å². The number of allylic oxidation sites excluding steroid dienone is 4. The first-order chi connectivity index (χ1) is 17.3. The molecule has 1 aromatic rings. The van der Waals surface area contributed by atoms with Crippen LogP contribution in [-0.4, -0.2) is 58.4 Å². The molecule has 1 aliphatic carbocycles. The molecule has 0 aromatic heterocycles. The van der Waals surface area contributed by atoms with E-state index in [9.17, 15) is 22.8 Å². The summed E-state index contributed by atoms with van der Waals surface area (Å²) in [4.78, 5) is 30.7. The van der Waals surface area contributed by atoms with E-state index in [-0.39, 0.29) is 29.6 Å². The van der Waals surface area contributed by atoms with E-state index in [1.54, 1.807) is 43.2 Å². The van der Waals surface area contributed by atoms with Gasteiger partial charge in [-0.15, -0.1) is 0 Å². The van der Waals surface area contributed by atoms with Crippen LogP contribution in [0.25, 0.3) is 0 Å². The Kier molecular flexibility index (Phi) is 6.77. The number of fused-ring (bicyclic) bond motifs is 2. The number of carbonyl (C=O) groups excluding carboxylic acids is 2. The normalized spacial score (nSPS) is 30.5. The van der Waals surface area contributed by atoms with E-state index in [1.807, 2.05) is 50.3 Å². The van der Waals surface area contributed by atoms with Crippen molar-refractivity contribution in [2.75, 3.05) is 13.6 Å². The number of rotatable bonds is 5. The molecule has 2 N–H and O–H groups in total. The van der Waals surface area contributed by atoms with Crippen LogP contribution in [0.5, 0.6) is 0 Å². The van der Waals surface area contributed by atoms with Crippen molar-refractivity contribution in [3.8, 4) is 0 Å². The molecule has 0 spiro atoms. The molecule has 3 unspecified atom stereocenters. The van der Waals surface area contributed by atoms with Crippen molar-refractivity contribution in [3.63, 3.8) is 0 Å². The molecule has 9 heteroatoms. The smallest absolute Gasteiger partial charge is 0.385 e. The lowest BCUT2D eigenvalue weighted by molar-refractivity contribution is -0.153. The molecule has 2 amide bonds. The first-order valence-electron chi connectivity index (χ1n) is 12.3. The predicted octanol–water partition coefficient (Wildman–Crippen LogP) is 4.75. The second-order valence-corrected chi connectivity index (χ2v) is 10.2. The van der Waals surface area contributed by atoms with Crippen LogP contribution in [0.1, 0.15) is 49.7 Å². The Morgan fingerprint density at radius 2 is 1.86 bits per heavy atom. The first-order valence-corrected chi connectivity index (χ1v) is 12.3. The summed E-state index contributed by atoms with van der Waals surface area (Å²) in [6.07, 6.45) is 6.66. The molecule has 198 valence electrons. The number of nitrogens with zero attached hydrogens (tertiary/aromatic N) is 3. The minimum atomic E-state index is -4.45. The lowest BCUT2D eigenvalue weighted by Gasteiger charge is -2.35. The number of hydrogen-bond donors (Lipinski definition) is 1. The average molecular weight is 515 g/mol. The summed E-state index contributed by atoms with van der Waals surface area (Å²) in [6.45, 7) is 5.71. The van der Waals surface area contributed by atoms with Gasteiger partial charge >= 0.3 is 6.18 Å². The molecule has 0 saturated heterocycles. The highest BCUT2D eigenvalue weighted by Gasteiger charge is 2.63. The van der Waals surface area contributed by atoms with Crippen LogP contribution < -0.4 is 5.73 Å². The number of nitrogens with two attached hydrogens (primary N) is 1. The predicted molar refractivity (Wildman–Crippen MR) is 136 cm³/mol. The molecule has 2 heterocycles. The maximum atomic E-state index is 13.4. The third-order valence-electron chi connectivity index (χ3n) is 7.74. The van der Waals surface area contributed by atoms with E-state index in [4.69, 9.17) is 5.73 Å². The second-order valence-electron chi connectivity index (χ2n) is 10.2. The van der Waals surface area contributed by atoms with Gasteiger partial charge in [0, 0.05) is 35.7 Å². The lowest BCUT2D eigenvalue weighted by atomic mass is 10.0. The molecule has 5 atom stereocenters. The lowest BCUT2D eigenvalue weighted by Crippen LogP contribution is -2.50. The number of benzene rings is 1. The van der Waals surface area contributed by atoms with E-state index in [2.05, 4.69) is 0 Å². The molecular formula is C28H33F3N4O2. The largest absolute Gasteiger partial charge is 0.405 e. The molecule has 1 aromatic carbocycles. The maximum absolute atomic E-state index is 13.4. The third kappa shape index (κ3) is 4.67. The molecule has 1 fully saturated rings. The summed E-state index contributed by atoms with van der Waals surface area (Å²) >= 11 is 0. The van der Waals surface area contributed by atoms with Gasteiger partial charge in [-0.25, -0.2) is 0 Å². The Balaban J connectivity index is 1.71. The average Bonchev–Trinajstić information content (AvgIpc) is 3.27. The van der Waals surface area contributed by atoms with Crippen LogP contribution in [0.3, 0.4) is 0 Å². The highest BCUT2D eigenvalue weighted by Crippen LogP contribution is 2.59. The molecule has 2 aliphatic heterocycles. The minimum absolute atomic E-state index is 0.220. The zero-order valence-electron chi connectivity index (χ0n) is 21.7. The van der Waals surface area contributed by atoms with Crippen molar-refractivity contribution in [3.05, 3.63) is 83.4 Å². The Hall–Kier alpha value is -3.49. The standard InChI is InChI=1S/C28H33F3N4O2/c1-6-7-8-13-22-19-11-9-10-12-20(19)26(37)35(22)23(32)15-27(4)21-14-17(2)34(16-28(29,30)31)18(3)25(36)33(5)24(21)27/h6-15,18,21-22,24H,16,32H2,1-5H3/b7-6-,13-8+,17-14?,23-15+/t18?,21-,22?,24?,27-/m1/s1. The number of hydrogen-bond acceptors (Lipinski definition) is 4. The number of likely N-dealkylation sites (N-methyl/N-ethyl adjacent to an activating group) is 1. The number of amides is 2. The quantitative estimate of drug-likeness (QED) is 0.576. The van der Waals surface area contributed by atoms with E-state index in [1.165, 1.54) is 11.8 Å². The van der Waals surface area contributed by atoms with Gasteiger partial charge < -0.3 is 15.5 Å². The molecule has 37 heavy (non-hydrogen) atoms. The molecule has 0 radical (unpaired) electrons. The topological polar surface area (TPSA) is 69.9 Å². The van der Waals surface area contributed by atoms with Gasteiger partial charge in [0.2, 0.25) is 5.91 Å². The Morgan fingerprint density at radius 1 is 1.19 bits per heavy atom. The Labute approximate surface area is 215 Å². The van der Waals surface area contributed by atoms with Crippen molar-refractivity contribution in [2.45, 2.75) is 52.0 Å². The highest BCUT2D eigenvalue weighted by atomic mass is 19.4. The van der Waals surface area contributed by atoms with Gasteiger partial charge in [0.1, 0.15) is 18.4 Å². The van der Waals surface area contributed by atoms with Crippen LogP contribution in [0.4, 0.5) is 13.2 Å². The zero-order valence-corrected chi connectivity index (χ0v) is 21.7. The van der Waals surface area contributed by atoms with Gasteiger partial charge in [0.15, 0.2) is 0 Å². The van der Waals surface area contributed by atoms with Crippen molar-refractivity contribution < 1.29 is 22.8 Å².